The van der Waals surface area contributed by atoms with Crippen molar-refractivity contribution in [2.45, 2.75) is 42.8 Å². The molecule has 0 amide bonds. The summed E-state index contributed by atoms with van der Waals surface area (Å²) in [6.45, 7) is 3.18. The van der Waals surface area contributed by atoms with E-state index < -0.39 is 46.5 Å². The molecule has 0 radical (unpaired) electrons. The number of ketones is 1. The third kappa shape index (κ3) is 7.22. The normalized spacial score (nSPS) is 13.9. The zero-order valence-corrected chi connectivity index (χ0v) is 21.0. The number of aromatic hydroxyl groups is 1. The van der Waals surface area contributed by atoms with E-state index in [1.807, 2.05) is 18.2 Å². The van der Waals surface area contributed by atoms with E-state index >= 15 is 0 Å². The van der Waals surface area contributed by atoms with E-state index in [4.69, 9.17) is 9.47 Å². The fourth-order valence-electron chi connectivity index (χ4n) is 3.45. The van der Waals surface area contributed by atoms with E-state index in [9.17, 15) is 27.9 Å². The third-order valence-electron chi connectivity index (χ3n) is 5.43. The van der Waals surface area contributed by atoms with Gasteiger partial charge in [-0.25, -0.2) is 9.97 Å². The second-order valence-corrected chi connectivity index (χ2v) is 9.37. The maximum atomic E-state index is 12.9. The number of carbonyl (C=O) groups is 2. The number of methoxy groups -OCH3 is 1. The molecule has 7 nitrogen and oxygen atoms in total. The maximum absolute atomic E-state index is 12.9. The Labute approximate surface area is 216 Å². The minimum absolute atomic E-state index is 0.0850. The molecule has 196 valence electrons. The van der Waals surface area contributed by atoms with Crippen LogP contribution in [0, 0.1) is 5.92 Å². The molecule has 0 unspecified atom stereocenters. The number of halogens is 3. The Hall–Kier alpha value is -3.60. The Kier molecular flexibility index (Phi) is 9.14. The Morgan fingerprint density at radius 1 is 1.05 bits per heavy atom. The number of benzene rings is 1. The minimum atomic E-state index is -4.50. The van der Waals surface area contributed by atoms with Gasteiger partial charge in [-0.1, -0.05) is 49.0 Å². The number of hydrogen-bond acceptors (Lipinski definition) is 8. The summed E-state index contributed by atoms with van der Waals surface area (Å²) in [4.78, 5) is 33.3. The van der Waals surface area contributed by atoms with Crippen molar-refractivity contribution in [3.05, 3.63) is 77.7 Å². The highest BCUT2D eigenvalue weighted by molar-refractivity contribution is 7.99. The van der Waals surface area contributed by atoms with Crippen LogP contribution in [0.15, 0.2) is 66.0 Å². The van der Waals surface area contributed by atoms with Crippen molar-refractivity contribution < 1.29 is 37.3 Å². The van der Waals surface area contributed by atoms with Crippen LogP contribution in [0.5, 0.6) is 11.5 Å². The number of hydrogen-bond donors (Lipinski definition) is 1. The lowest BCUT2D eigenvalue weighted by Crippen LogP contribution is -2.26. The Morgan fingerprint density at radius 2 is 1.76 bits per heavy atom. The topological polar surface area (TPSA) is 98.6 Å². The van der Waals surface area contributed by atoms with Gasteiger partial charge in [-0.2, -0.15) is 13.2 Å². The average Bonchev–Trinajstić information content (AvgIpc) is 2.87. The highest BCUT2D eigenvalue weighted by Crippen LogP contribution is 2.39. The molecule has 0 aliphatic carbocycles. The zero-order valence-electron chi connectivity index (χ0n) is 20.2. The van der Waals surface area contributed by atoms with Crippen molar-refractivity contribution in [3.8, 4) is 11.5 Å². The molecule has 3 atom stereocenters. The number of alkyl halides is 3. The first-order valence-corrected chi connectivity index (χ1v) is 12.1. The zero-order chi connectivity index (χ0) is 27.2. The molecule has 0 saturated heterocycles. The van der Waals surface area contributed by atoms with Crippen molar-refractivity contribution in [1.82, 2.24) is 9.97 Å². The van der Waals surface area contributed by atoms with Gasteiger partial charge < -0.3 is 14.6 Å². The lowest BCUT2D eigenvalue weighted by molar-refractivity contribution is -0.152. The van der Waals surface area contributed by atoms with E-state index in [-0.39, 0.29) is 17.9 Å². The smallest absolute Gasteiger partial charge is 0.417 e. The predicted molar refractivity (Wildman–Crippen MR) is 130 cm³/mol. The fraction of sp³-hybridized carbons (Fsp3) is 0.308. The lowest BCUT2D eigenvalue weighted by Gasteiger charge is -2.25. The van der Waals surface area contributed by atoms with Crippen LogP contribution >= 0.6 is 11.8 Å². The Bertz CT molecular complexity index is 1220. The quantitative estimate of drug-likeness (QED) is 0.196. The van der Waals surface area contributed by atoms with E-state index in [1.165, 1.54) is 32.4 Å². The number of esters is 1. The van der Waals surface area contributed by atoms with Gasteiger partial charge in [-0.15, -0.1) is 0 Å². The molecule has 3 rings (SSSR count). The maximum Gasteiger partial charge on any atom is 0.417 e. The molecular formula is C26H25F3N2O5S. The molecule has 1 aromatic carbocycles. The molecule has 37 heavy (non-hydrogen) atoms. The number of rotatable bonds is 10. The number of nitrogens with zero attached hydrogens (tertiary/aromatic N) is 2. The van der Waals surface area contributed by atoms with Gasteiger partial charge in [-0.3, -0.25) is 9.59 Å². The second kappa shape index (κ2) is 12.1. The number of carbonyl (C=O) groups excluding carboxylic acids is 2. The van der Waals surface area contributed by atoms with Crippen LogP contribution in [-0.2, 0) is 15.7 Å². The van der Waals surface area contributed by atoms with Crippen molar-refractivity contribution in [1.29, 1.82) is 0 Å². The van der Waals surface area contributed by atoms with Crippen LogP contribution in [0.4, 0.5) is 13.2 Å². The van der Waals surface area contributed by atoms with E-state index in [0.29, 0.717) is 5.03 Å². The number of pyridine rings is 2. The van der Waals surface area contributed by atoms with E-state index in [0.717, 1.165) is 29.6 Å². The molecular weight excluding hydrogens is 509 g/mol. The first-order chi connectivity index (χ1) is 17.5. The summed E-state index contributed by atoms with van der Waals surface area (Å²) in [5, 5.41) is 10.0. The third-order valence-corrected chi connectivity index (χ3v) is 6.83. The summed E-state index contributed by atoms with van der Waals surface area (Å²) in [7, 11) is 1.34. The molecule has 0 saturated carbocycles. The van der Waals surface area contributed by atoms with Gasteiger partial charge >= 0.3 is 12.1 Å². The van der Waals surface area contributed by atoms with Crippen molar-refractivity contribution in [3.63, 3.8) is 0 Å². The molecule has 11 heteroatoms. The van der Waals surface area contributed by atoms with Crippen LogP contribution in [0.3, 0.4) is 0 Å². The summed E-state index contributed by atoms with van der Waals surface area (Å²) >= 11 is 1.16. The molecule has 0 aliphatic heterocycles. The molecule has 0 fully saturated rings. The molecule has 1 N–H and O–H groups in total. The van der Waals surface area contributed by atoms with Crippen LogP contribution in [0.2, 0.25) is 0 Å². The second-order valence-electron chi connectivity index (χ2n) is 8.21. The monoisotopic (exact) mass is 534 g/mol. The van der Waals surface area contributed by atoms with E-state index in [1.54, 1.807) is 19.1 Å². The number of ether oxygens (including phenoxy) is 2. The standard InChI is InChI=1S/C26H25F3N2O5S/c1-15(13-19(32)22-23(33)20(35-3)11-12-30-22)25(34)36-16(2)24(17-7-5-4-6-8-17)37-21-10-9-18(14-31-21)26(27,28)29/h4-12,14-16,24,33H,13H2,1-3H3/t15-,16+,24+/m1/s1. The molecule has 0 aliphatic rings. The highest BCUT2D eigenvalue weighted by Gasteiger charge is 2.32. The number of Topliss-reactive ketones (excluding diaryl/α,β-unsaturated/α-hetero) is 1. The largest absolute Gasteiger partial charge is 0.503 e. The molecule has 2 aromatic heterocycles. The predicted octanol–water partition coefficient (Wildman–Crippen LogP) is 5.88. The van der Waals surface area contributed by atoms with Gasteiger partial charge in [0.2, 0.25) is 0 Å². The van der Waals surface area contributed by atoms with Crippen molar-refractivity contribution in [2.24, 2.45) is 5.92 Å². The van der Waals surface area contributed by atoms with Gasteiger partial charge in [0.15, 0.2) is 23.0 Å². The van der Waals surface area contributed by atoms with Crippen molar-refractivity contribution in [2.75, 3.05) is 7.11 Å². The summed E-state index contributed by atoms with van der Waals surface area (Å²) in [6, 6.07) is 12.7. The van der Waals surface area contributed by atoms with Gasteiger partial charge in [0.05, 0.1) is 28.9 Å². The average molecular weight is 535 g/mol. The van der Waals surface area contributed by atoms with Crippen LogP contribution in [0.25, 0.3) is 0 Å². The summed E-state index contributed by atoms with van der Waals surface area (Å²) < 4.78 is 49.4. The van der Waals surface area contributed by atoms with Crippen molar-refractivity contribution >= 4 is 23.5 Å². The lowest BCUT2D eigenvalue weighted by atomic mass is 10.0. The van der Waals surface area contributed by atoms with Gasteiger partial charge in [0, 0.05) is 24.9 Å². The van der Waals surface area contributed by atoms with E-state index in [2.05, 4.69) is 9.97 Å². The first kappa shape index (κ1) is 28.0. The van der Waals surface area contributed by atoms with Gasteiger partial charge in [-0.05, 0) is 24.6 Å². The first-order valence-electron chi connectivity index (χ1n) is 11.2. The Balaban J connectivity index is 1.72. The van der Waals surface area contributed by atoms with Crippen LogP contribution in [0.1, 0.15) is 47.1 Å². The van der Waals surface area contributed by atoms with Crippen LogP contribution < -0.4 is 4.74 Å². The number of aromatic nitrogens is 2. The summed E-state index contributed by atoms with van der Waals surface area (Å²) in [5.41, 5.74) is -0.287. The van der Waals surface area contributed by atoms with Gasteiger partial charge in [0.1, 0.15) is 6.10 Å². The van der Waals surface area contributed by atoms with Crippen LogP contribution in [-0.4, -0.2) is 40.0 Å². The summed E-state index contributed by atoms with van der Waals surface area (Å²) in [5.74, 6) is -2.38. The highest BCUT2D eigenvalue weighted by atomic mass is 32.2. The minimum Gasteiger partial charge on any atom is -0.503 e. The molecule has 0 spiro atoms. The van der Waals surface area contributed by atoms with Gasteiger partial charge in [0.25, 0.3) is 0 Å². The molecule has 2 heterocycles. The summed E-state index contributed by atoms with van der Waals surface area (Å²) in [6.07, 6.45) is -3.40. The fourth-order valence-corrected chi connectivity index (χ4v) is 4.51. The SMILES string of the molecule is COc1ccnc(C(=O)C[C@@H](C)C(=O)O[C@@H](C)[C@H](Sc2ccc(C(F)(F)F)cn2)c2ccccc2)c1O. The Morgan fingerprint density at radius 3 is 2.35 bits per heavy atom. The number of thioether (sulfide) groups is 1. The molecule has 0 bridgehead atoms. The molecule has 3 aromatic rings.